The fourth-order valence-electron chi connectivity index (χ4n) is 2.55. The van der Waals surface area contributed by atoms with E-state index in [-0.39, 0.29) is 11.3 Å². The number of hydrogen-bond acceptors (Lipinski definition) is 1. The zero-order valence-corrected chi connectivity index (χ0v) is 14.5. The van der Waals surface area contributed by atoms with Crippen LogP contribution >= 0.6 is 34.2 Å². The fraction of sp³-hybridized carbons (Fsp3) is 0.235. The second-order valence-corrected chi connectivity index (χ2v) is 7.18. The first-order valence-corrected chi connectivity index (χ1v) is 8.31. The molecule has 21 heavy (non-hydrogen) atoms. The largest absolute Gasteiger partial charge is 0.325 e. The Labute approximate surface area is 143 Å². The molecular weight excluding hydrogens is 397 g/mol. The third kappa shape index (κ3) is 2.94. The first-order valence-electron chi connectivity index (χ1n) is 6.85. The summed E-state index contributed by atoms with van der Waals surface area (Å²) in [6.45, 7) is 2.01. The van der Waals surface area contributed by atoms with Gasteiger partial charge in [0.05, 0.1) is 5.41 Å². The van der Waals surface area contributed by atoms with Gasteiger partial charge in [0.1, 0.15) is 0 Å². The third-order valence-corrected chi connectivity index (χ3v) is 4.94. The van der Waals surface area contributed by atoms with Gasteiger partial charge in [-0.25, -0.2) is 0 Å². The van der Waals surface area contributed by atoms with Crippen LogP contribution in [0.2, 0.25) is 5.02 Å². The van der Waals surface area contributed by atoms with Crippen molar-refractivity contribution in [2.45, 2.75) is 25.2 Å². The summed E-state index contributed by atoms with van der Waals surface area (Å²) in [6, 6.07) is 13.6. The molecule has 2 aromatic carbocycles. The van der Waals surface area contributed by atoms with Crippen molar-refractivity contribution in [3.8, 4) is 0 Å². The van der Waals surface area contributed by atoms with Gasteiger partial charge in [-0.3, -0.25) is 4.79 Å². The normalized spacial score (nSPS) is 15.6. The standard InChI is InChI=1S/C17H15ClINO/c1-11-10-14(19)6-7-15(11)20-16(21)17(8-9-17)12-2-4-13(18)5-3-12/h2-7,10H,8-9H2,1H3,(H,20,21). The molecule has 0 aliphatic heterocycles. The molecule has 3 rings (SSSR count). The van der Waals surface area contributed by atoms with E-state index in [0.29, 0.717) is 5.02 Å². The van der Waals surface area contributed by atoms with Crippen LogP contribution in [-0.2, 0) is 10.2 Å². The Balaban J connectivity index is 1.83. The highest BCUT2D eigenvalue weighted by molar-refractivity contribution is 14.1. The van der Waals surface area contributed by atoms with Crippen LogP contribution in [-0.4, -0.2) is 5.91 Å². The van der Waals surface area contributed by atoms with Crippen LogP contribution < -0.4 is 5.32 Å². The molecule has 0 atom stereocenters. The van der Waals surface area contributed by atoms with Crippen LogP contribution in [0.4, 0.5) is 5.69 Å². The predicted molar refractivity (Wildman–Crippen MR) is 94.9 cm³/mol. The van der Waals surface area contributed by atoms with Gasteiger partial charge >= 0.3 is 0 Å². The Morgan fingerprint density at radius 3 is 2.43 bits per heavy atom. The van der Waals surface area contributed by atoms with Crippen molar-refractivity contribution >= 4 is 45.8 Å². The molecule has 0 bridgehead atoms. The predicted octanol–water partition coefficient (Wildman–Crippen LogP) is 4.92. The zero-order chi connectivity index (χ0) is 15.0. The minimum absolute atomic E-state index is 0.0779. The smallest absolute Gasteiger partial charge is 0.235 e. The van der Waals surface area contributed by atoms with Gasteiger partial charge in [-0.05, 0) is 83.8 Å². The molecule has 0 radical (unpaired) electrons. The van der Waals surface area contributed by atoms with E-state index in [4.69, 9.17) is 11.6 Å². The average molecular weight is 412 g/mol. The maximum Gasteiger partial charge on any atom is 0.235 e. The highest BCUT2D eigenvalue weighted by Gasteiger charge is 2.51. The summed E-state index contributed by atoms with van der Waals surface area (Å²) >= 11 is 8.20. The van der Waals surface area contributed by atoms with Gasteiger partial charge in [0.15, 0.2) is 0 Å². The van der Waals surface area contributed by atoms with E-state index < -0.39 is 0 Å². The second kappa shape index (κ2) is 5.61. The van der Waals surface area contributed by atoms with Gasteiger partial charge in [-0.15, -0.1) is 0 Å². The maximum atomic E-state index is 12.7. The lowest BCUT2D eigenvalue weighted by Crippen LogP contribution is -2.28. The molecule has 1 fully saturated rings. The van der Waals surface area contributed by atoms with Gasteiger partial charge < -0.3 is 5.32 Å². The topological polar surface area (TPSA) is 29.1 Å². The molecule has 1 aliphatic rings. The van der Waals surface area contributed by atoms with Gasteiger partial charge in [-0.2, -0.15) is 0 Å². The Morgan fingerprint density at radius 2 is 1.86 bits per heavy atom. The highest BCUT2D eigenvalue weighted by Crippen LogP contribution is 2.49. The number of aryl methyl sites for hydroxylation is 1. The highest BCUT2D eigenvalue weighted by atomic mass is 127. The summed E-state index contributed by atoms with van der Waals surface area (Å²) in [5.74, 6) is 0.0779. The summed E-state index contributed by atoms with van der Waals surface area (Å²) in [5, 5.41) is 3.78. The van der Waals surface area contributed by atoms with Gasteiger partial charge in [0.25, 0.3) is 0 Å². The molecule has 2 nitrogen and oxygen atoms in total. The quantitative estimate of drug-likeness (QED) is 0.714. The van der Waals surface area contributed by atoms with E-state index in [1.165, 1.54) is 3.57 Å². The number of benzene rings is 2. The van der Waals surface area contributed by atoms with Crippen LogP contribution in [0.3, 0.4) is 0 Å². The van der Waals surface area contributed by atoms with Crippen molar-refractivity contribution in [3.05, 3.63) is 62.2 Å². The van der Waals surface area contributed by atoms with Gasteiger partial charge in [-0.1, -0.05) is 23.7 Å². The summed E-state index contributed by atoms with van der Waals surface area (Å²) < 4.78 is 1.17. The van der Waals surface area contributed by atoms with Crippen molar-refractivity contribution < 1.29 is 4.79 Å². The van der Waals surface area contributed by atoms with Crippen molar-refractivity contribution in [1.29, 1.82) is 0 Å². The van der Waals surface area contributed by atoms with E-state index in [9.17, 15) is 4.79 Å². The molecule has 1 aliphatic carbocycles. The number of carbonyl (C=O) groups excluding carboxylic acids is 1. The minimum atomic E-state index is -0.375. The molecule has 108 valence electrons. The monoisotopic (exact) mass is 411 g/mol. The number of anilines is 1. The van der Waals surface area contributed by atoms with Crippen LogP contribution in [0.1, 0.15) is 24.0 Å². The minimum Gasteiger partial charge on any atom is -0.325 e. The van der Waals surface area contributed by atoms with Crippen LogP contribution in [0.5, 0.6) is 0 Å². The van der Waals surface area contributed by atoms with Crippen molar-refractivity contribution in [2.75, 3.05) is 5.32 Å². The van der Waals surface area contributed by atoms with Crippen LogP contribution in [0, 0.1) is 10.5 Å². The number of carbonyl (C=O) groups is 1. The van der Waals surface area contributed by atoms with Gasteiger partial charge in [0.2, 0.25) is 5.91 Å². The van der Waals surface area contributed by atoms with Gasteiger partial charge in [0, 0.05) is 14.3 Å². The number of halogens is 2. The second-order valence-electron chi connectivity index (χ2n) is 5.50. The Morgan fingerprint density at radius 1 is 1.19 bits per heavy atom. The first kappa shape index (κ1) is 14.9. The first-order chi connectivity index (χ1) is 10.0. The van der Waals surface area contributed by atoms with Crippen molar-refractivity contribution in [1.82, 2.24) is 0 Å². The number of nitrogens with one attached hydrogen (secondary N) is 1. The Kier molecular flexibility index (Phi) is 3.97. The van der Waals surface area contributed by atoms with Crippen LogP contribution in [0.15, 0.2) is 42.5 Å². The number of amides is 1. The van der Waals surface area contributed by atoms with E-state index in [0.717, 1.165) is 29.7 Å². The Bertz CT molecular complexity index is 692. The summed E-state index contributed by atoms with van der Waals surface area (Å²) in [4.78, 5) is 12.7. The molecule has 1 saturated carbocycles. The molecule has 0 aromatic heterocycles. The molecule has 2 aromatic rings. The lowest BCUT2D eigenvalue weighted by molar-refractivity contribution is -0.118. The average Bonchev–Trinajstić information content (AvgIpc) is 3.24. The molecule has 0 spiro atoms. The molecule has 1 N–H and O–H groups in total. The lowest BCUT2D eigenvalue weighted by atomic mass is 9.95. The Hall–Kier alpha value is -1.07. The summed E-state index contributed by atoms with van der Waals surface area (Å²) in [6.07, 6.45) is 1.79. The third-order valence-electron chi connectivity index (χ3n) is 4.02. The van der Waals surface area contributed by atoms with E-state index in [1.54, 1.807) is 0 Å². The number of rotatable bonds is 3. The molecule has 0 heterocycles. The van der Waals surface area contributed by atoms with Crippen LogP contribution in [0.25, 0.3) is 0 Å². The van der Waals surface area contributed by atoms with Crippen molar-refractivity contribution in [3.63, 3.8) is 0 Å². The molecule has 0 unspecified atom stereocenters. The SMILES string of the molecule is Cc1cc(I)ccc1NC(=O)C1(c2ccc(Cl)cc2)CC1. The molecule has 4 heteroatoms. The summed E-state index contributed by atoms with van der Waals surface area (Å²) in [7, 11) is 0. The van der Waals surface area contributed by atoms with Crippen molar-refractivity contribution in [2.24, 2.45) is 0 Å². The lowest BCUT2D eigenvalue weighted by Gasteiger charge is -2.17. The fourth-order valence-corrected chi connectivity index (χ4v) is 3.32. The number of hydrogen-bond donors (Lipinski definition) is 1. The summed E-state index contributed by atoms with van der Waals surface area (Å²) in [5.41, 5.74) is 2.65. The van der Waals surface area contributed by atoms with E-state index in [2.05, 4.69) is 34.0 Å². The molecular formula is C17H15ClINO. The maximum absolute atomic E-state index is 12.7. The molecule has 0 saturated heterocycles. The van der Waals surface area contributed by atoms with E-state index in [1.807, 2.05) is 43.3 Å². The zero-order valence-electron chi connectivity index (χ0n) is 11.6. The van der Waals surface area contributed by atoms with E-state index >= 15 is 0 Å². The molecule has 1 amide bonds.